The first kappa shape index (κ1) is 26.8. The Labute approximate surface area is 217 Å². The lowest BCUT2D eigenvalue weighted by Crippen LogP contribution is -2.17. The largest absolute Gasteiger partial charge is 0.490 e. The number of hydrogen-bond acceptors (Lipinski definition) is 7. The Hall–Kier alpha value is -3.82. The fourth-order valence-electron chi connectivity index (χ4n) is 3.08. The van der Waals surface area contributed by atoms with Crippen molar-refractivity contribution >= 4 is 41.0 Å². The lowest BCUT2D eigenvalue weighted by atomic mass is 10.2. The van der Waals surface area contributed by atoms with Crippen molar-refractivity contribution in [2.24, 2.45) is 5.10 Å². The molecule has 0 aliphatic heterocycles. The van der Waals surface area contributed by atoms with Crippen molar-refractivity contribution < 1.29 is 23.9 Å². The van der Waals surface area contributed by atoms with Crippen LogP contribution in [0.1, 0.15) is 35.3 Å². The van der Waals surface area contributed by atoms with Gasteiger partial charge in [0.25, 0.3) is 11.6 Å². The van der Waals surface area contributed by atoms with Gasteiger partial charge in [0.2, 0.25) is 0 Å². The number of nitro benzene ring substituents is 1. The number of ether oxygens (including phenoxy) is 3. The maximum absolute atomic E-state index is 12.5. The number of rotatable bonds is 11. The molecule has 36 heavy (non-hydrogen) atoms. The van der Waals surface area contributed by atoms with Crippen molar-refractivity contribution in [2.75, 3.05) is 13.2 Å². The summed E-state index contributed by atoms with van der Waals surface area (Å²) in [6, 6.07) is 14.0. The number of non-ortho nitro benzene ring substituents is 1. The molecule has 0 bridgehead atoms. The first-order valence-corrected chi connectivity index (χ1v) is 11.7. The molecule has 0 aliphatic carbocycles. The maximum Gasteiger partial charge on any atom is 0.271 e. The van der Waals surface area contributed by atoms with Crippen LogP contribution >= 0.6 is 23.2 Å². The number of benzene rings is 3. The van der Waals surface area contributed by atoms with Gasteiger partial charge in [0, 0.05) is 17.7 Å². The molecular formula is C25H23Cl2N3O6. The van der Waals surface area contributed by atoms with E-state index in [0.29, 0.717) is 41.4 Å². The summed E-state index contributed by atoms with van der Waals surface area (Å²) in [4.78, 5) is 22.8. The van der Waals surface area contributed by atoms with Crippen LogP contribution < -0.4 is 19.6 Å². The van der Waals surface area contributed by atoms with E-state index < -0.39 is 10.8 Å². The highest BCUT2D eigenvalue weighted by molar-refractivity contribution is 6.37. The molecule has 3 aromatic rings. The standard InChI is InChI=1S/C25H23Cl2N3O6/c1-3-34-22-10-7-18(13-23(22)35-4-2)25(31)29-28-14-17-11-20(26)24(21(27)12-17)36-15-16-5-8-19(9-6-16)30(32)33/h5-14H,3-4,15H2,1-2H3,(H,29,31)/b28-14+. The highest BCUT2D eigenvalue weighted by atomic mass is 35.5. The van der Waals surface area contributed by atoms with Crippen molar-refractivity contribution in [3.05, 3.63) is 91.4 Å². The molecule has 0 fully saturated rings. The number of nitrogens with one attached hydrogen (secondary N) is 1. The third kappa shape index (κ3) is 7.10. The van der Waals surface area contributed by atoms with Gasteiger partial charge in [-0.2, -0.15) is 5.10 Å². The Balaban J connectivity index is 1.63. The fourth-order valence-corrected chi connectivity index (χ4v) is 3.70. The van der Waals surface area contributed by atoms with Crippen LogP contribution in [0.25, 0.3) is 0 Å². The topological polar surface area (TPSA) is 112 Å². The minimum Gasteiger partial charge on any atom is -0.490 e. The van der Waals surface area contributed by atoms with E-state index in [2.05, 4.69) is 10.5 Å². The molecule has 3 aromatic carbocycles. The molecule has 0 unspecified atom stereocenters. The van der Waals surface area contributed by atoms with Crippen molar-refractivity contribution in [2.45, 2.75) is 20.5 Å². The van der Waals surface area contributed by atoms with Gasteiger partial charge < -0.3 is 14.2 Å². The second-order valence-corrected chi connectivity index (χ2v) is 8.07. The second-order valence-electron chi connectivity index (χ2n) is 7.25. The van der Waals surface area contributed by atoms with Crippen LogP contribution in [0, 0.1) is 10.1 Å². The number of carbonyl (C=O) groups excluding carboxylic acids is 1. The van der Waals surface area contributed by atoms with Crippen LogP contribution in [0.2, 0.25) is 10.0 Å². The lowest BCUT2D eigenvalue weighted by Gasteiger charge is -2.12. The number of nitrogens with zero attached hydrogens (tertiary/aromatic N) is 2. The average Bonchev–Trinajstić information content (AvgIpc) is 2.85. The van der Waals surface area contributed by atoms with Gasteiger partial charge in [-0.05, 0) is 67.4 Å². The third-order valence-electron chi connectivity index (χ3n) is 4.74. The zero-order chi connectivity index (χ0) is 26.1. The van der Waals surface area contributed by atoms with Gasteiger partial charge >= 0.3 is 0 Å². The first-order valence-electron chi connectivity index (χ1n) is 10.9. The molecule has 0 saturated heterocycles. The molecule has 0 atom stereocenters. The van der Waals surface area contributed by atoms with Gasteiger partial charge in [-0.25, -0.2) is 5.43 Å². The van der Waals surface area contributed by atoms with Gasteiger partial charge in [-0.1, -0.05) is 23.2 Å². The molecule has 0 spiro atoms. The van der Waals surface area contributed by atoms with Crippen molar-refractivity contribution in [3.63, 3.8) is 0 Å². The Morgan fingerprint density at radius 2 is 1.61 bits per heavy atom. The van der Waals surface area contributed by atoms with Gasteiger partial charge in [-0.3, -0.25) is 14.9 Å². The Morgan fingerprint density at radius 1 is 0.972 bits per heavy atom. The Kier molecular flexibility index (Phi) is 9.49. The highest BCUT2D eigenvalue weighted by Gasteiger charge is 2.13. The van der Waals surface area contributed by atoms with Gasteiger partial charge in [0.05, 0.1) is 34.4 Å². The normalized spacial score (nSPS) is 10.8. The predicted octanol–water partition coefficient (Wildman–Crippen LogP) is 6.04. The van der Waals surface area contributed by atoms with Crippen molar-refractivity contribution in [1.29, 1.82) is 0 Å². The average molecular weight is 532 g/mol. The molecule has 3 rings (SSSR count). The summed E-state index contributed by atoms with van der Waals surface area (Å²) in [6.07, 6.45) is 1.40. The Bertz CT molecular complexity index is 1240. The molecule has 188 valence electrons. The van der Waals surface area contributed by atoms with Gasteiger partial charge in [0.15, 0.2) is 17.2 Å². The van der Waals surface area contributed by atoms with E-state index in [1.54, 1.807) is 42.5 Å². The van der Waals surface area contributed by atoms with Crippen LogP contribution in [0.15, 0.2) is 59.7 Å². The summed E-state index contributed by atoms with van der Waals surface area (Å²) < 4.78 is 16.7. The van der Waals surface area contributed by atoms with Crippen LogP contribution in [0.4, 0.5) is 5.69 Å². The van der Waals surface area contributed by atoms with Crippen LogP contribution in [0.3, 0.4) is 0 Å². The van der Waals surface area contributed by atoms with E-state index in [1.807, 2.05) is 13.8 Å². The Morgan fingerprint density at radius 3 is 2.22 bits per heavy atom. The summed E-state index contributed by atoms with van der Waals surface area (Å²) >= 11 is 12.6. The summed E-state index contributed by atoms with van der Waals surface area (Å²) in [7, 11) is 0. The van der Waals surface area contributed by atoms with E-state index in [9.17, 15) is 14.9 Å². The zero-order valence-electron chi connectivity index (χ0n) is 19.5. The fraction of sp³-hybridized carbons (Fsp3) is 0.200. The van der Waals surface area contributed by atoms with E-state index in [4.69, 9.17) is 37.4 Å². The molecule has 0 aromatic heterocycles. The number of hydrazone groups is 1. The summed E-state index contributed by atoms with van der Waals surface area (Å²) in [5.74, 6) is 0.852. The lowest BCUT2D eigenvalue weighted by molar-refractivity contribution is -0.384. The molecule has 1 N–H and O–H groups in total. The van der Waals surface area contributed by atoms with E-state index >= 15 is 0 Å². The monoisotopic (exact) mass is 531 g/mol. The molecular weight excluding hydrogens is 509 g/mol. The van der Waals surface area contributed by atoms with E-state index in [1.165, 1.54) is 18.3 Å². The molecule has 11 heteroatoms. The maximum atomic E-state index is 12.5. The summed E-state index contributed by atoms with van der Waals surface area (Å²) in [6.45, 7) is 4.73. The molecule has 0 aliphatic rings. The number of halogens is 2. The molecule has 1 amide bonds. The van der Waals surface area contributed by atoms with Crippen molar-refractivity contribution in [3.8, 4) is 17.2 Å². The van der Waals surface area contributed by atoms with Crippen LogP contribution in [-0.4, -0.2) is 30.3 Å². The number of amides is 1. The smallest absolute Gasteiger partial charge is 0.271 e. The van der Waals surface area contributed by atoms with Crippen LogP contribution in [0.5, 0.6) is 17.2 Å². The number of carbonyl (C=O) groups is 1. The van der Waals surface area contributed by atoms with Gasteiger partial charge in [0.1, 0.15) is 6.61 Å². The number of hydrogen-bond donors (Lipinski definition) is 1. The summed E-state index contributed by atoms with van der Waals surface area (Å²) in [5.41, 5.74) is 4.04. The van der Waals surface area contributed by atoms with Gasteiger partial charge in [-0.15, -0.1) is 0 Å². The minimum absolute atomic E-state index is 0.0113. The summed E-state index contributed by atoms with van der Waals surface area (Å²) in [5, 5.41) is 15.2. The van der Waals surface area contributed by atoms with E-state index in [-0.39, 0.29) is 28.1 Å². The predicted molar refractivity (Wildman–Crippen MR) is 138 cm³/mol. The molecule has 0 radical (unpaired) electrons. The zero-order valence-corrected chi connectivity index (χ0v) is 21.0. The van der Waals surface area contributed by atoms with Crippen LogP contribution in [-0.2, 0) is 6.61 Å². The van der Waals surface area contributed by atoms with Crippen molar-refractivity contribution in [1.82, 2.24) is 5.43 Å². The molecule has 0 heterocycles. The first-order chi connectivity index (χ1) is 17.3. The molecule has 9 nitrogen and oxygen atoms in total. The molecule has 0 saturated carbocycles. The number of nitro groups is 1. The van der Waals surface area contributed by atoms with E-state index in [0.717, 1.165) is 0 Å². The third-order valence-corrected chi connectivity index (χ3v) is 5.30. The SMILES string of the molecule is CCOc1ccc(C(=O)N/N=C/c2cc(Cl)c(OCc3ccc([N+](=O)[O-])cc3)c(Cl)c2)cc1OCC. The minimum atomic E-state index is -0.475. The highest BCUT2D eigenvalue weighted by Crippen LogP contribution is 2.34. The second kappa shape index (κ2) is 12.8. The quantitative estimate of drug-likeness (QED) is 0.183.